The lowest BCUT2D eigenvalue weighted by atomic mass is 9.92. The third-order valence-electron chi connectivity index (χ3n) is 3.13. The molecule has 1 rings (SSSR count). The van der Waals surface area contributed by atoms with Crippen molar-refractivity contribution in [3.05, 3.63) is 35.1 Å². The second-order valence-electron chi connectivity index (χ2n) is 4.59. The van der Waals surface area contributed by atoms with Crippen LogP contribution >= 0.6 is 0 Å². The first kappa shape index (κ1) is 14.6. The van der Waals surface area contributed by atoms with Gasteiger partial charge in [-0.3, -0.25) is 4.79 Å². The monoisotopic (exact) mass is 253 g/mol. The van der Waals surface area contributed by atoms with E-state index in [1.54, 1.807) is 6.07 Å². The summed E-state index contributed by atoms with van der Waals surface area (Å²) in [5, 5.41) is 9.17. The van der Waals surface area contributed by atoms with Gasteiger partial charge in [0.2, 0.25) is 0 Å². The van der Waals surface area contributed by atoms with Crippen LogP contribution in [0.1, 0.15) is 30.4 Å². The molecule has 0 saturated heterocycles. The highest BCUT2D eigenvalue weighted by Gasteiger charge is 2.18. The summed E-state index contributed by atoms with van der Waals surface area (Å²) in [6.45, 7) is 2.44. The Hall–Kier alpha value is -1.42. The number of nitrogens with two attached hydrogens (primary N) is 1. The predicted octanol–water partition coefficient (Wildman–Crippen LogP) is 2.51. The molecule has 0 amide bonds. The number of carboxylic acids is 1. The molecule has 0 aromatic heterocycles. The molecule has 0 spiro atoms. The van der Waals surface area contributed by atoms with Crippen molar-refractivity contribution in [3.63, 3.8) is 0 Å². The molecule has 100 valence electrons. The average molecular weight is 253 g/mol. The Morgan fingerprint density at radius 1 is 1.44 bits per heavy atom. The summed E-state index contributed by atoms with van der Waals surface area (Å²) >= 11 is 0. The molecule has 1 aromatic carbocycles. The van der Waals surface area contributed by atoms with E-state index in [2.05, 4.69) is 0 Å². The highest BCUT2D eigenvalue weighted by atomic mass is 19.1. The fourth-order valence-corrected chi connectivity index (χ4v) is 1.97. The Labute approximate surface area is 107 Å². The Balaban J connectivity index is 2.70. The van der Waals surface area contributed by atoms with Gasteiger partial charge < -0.3 is 10.8 Å². The van der Waals surface area contributed by atoms with Crippen LogP contribution in [0.3, 0.4) is 0 Å². The first-order valence-electron chi connectivity index (χ1n) is 6.22. The Kier molecular flexibility index (Phi) is 5.78. The normalized spacial score (nSPS) is 12.4. The Bertz CT molecular complexity index is 407. The van der Waals surface area contributed by atoms with E-state index in [1.165, 1.54) is 12.1 Å². The van der Waals surface area contributed by atoms with Crippen molar-refractivity contribution in [2.75, 3.05) is 6.54 Å². The lowest BCUT2D eigenvalue weighted by Gasteiger charge is -2.14. The maximum atomic E-state index is 13.1. The molecule has 4 heteroatoms. The van der Waals surface area contributed by atoms with Crippen LogP contribution in [0.15, 0.2) is 18.2 Å². The van der Waals surface area contributed by atoms with Crippen molar-refractivity contribution in [2.45, 2.75) is 32.6 Å². The SMILES string of the molecule is Cc1ccc(F)cc1CC(CCCCN)C(=O)O. The summed E-state index contributed by atoms with van der Waals surface area (Å²) in [5.41, 5.74) is 7.10. The second-order valence-corrected chi connectivity index (χ2v) is 4.59. The summed E-state index contributed by atoms with van der Waals surface area (Å²) in [5.74, 6) is -1.60. The number of carboxylic acid groups (broad SMARTS) is 1. The molecule has 0 aliphatic heterocycles. The van der Waals surface area contributed by atoms with Crippen LogP contribution in [0.25, 0.3) is 0 Å². The van der Waals surface area contributed by atoms with E-state index in [0.29, 0.717) is 19.4 Å². The molecule has 0 radical (unpaired) electrons. The number of hydrogen-bond acceptors (Lipinski definition) is 2. The molecule has 0 aliphatic carbocycles. The van der Waals surface area contributed by atoms with Crippen LogP contribution in [-0.4, -0.2) is 17.6 Å². The van der Waals surface area contributed by atoms with Gasteiger partial charge in [-0.1, -0.05) is 12.5 Å². The van der Waals surface area contributed by atoms with Crippen molar-refractivity contribution >= 4 is 5.97 Å². The minimum atomic E-state index is -0.823. The molecule has 1 unspecified atom stereocenters. The summed E-state index contributed by atoms with van der Waals surface area (Å²) < 4.78 is 13.1. The van der Waals surface area contributed by atoms with Gasteiger partial charge in [0.15, 0.2) is 0 Å². The van der Waals surface area contributed by atoms with Crippen LogP contribution in [-0.2, 0) is 11.2 Å². The van der Waals surface area contributed by atoms with Gasteiger partial charge in [0.25, 0.3) is 0 Å². The van der Waals surface area contributed by atoms with Crippen LogP contribution in [0.4, 0.5) is 4.39 Å². The topological polar surface area (TPSA) is 63.3 Å². The highest BCUT2D eigenvalue weighted by Crippen LogP contribution is 2.19. The van der Waals surface area contributed by atoms with Crippen molar-refractivity contribution < 1.29 is 14.3 Å². The first-order chi connectivity index (χ1) is 8.54. The average Bonchev–Trinajstić information content (AvgIpc) is 2.32. The van der Waals surface area contributed by atoms with E-state index in [4.69, 9.17) is 10.8 Å². The zero-order valence-corrected chi connectivity index (χ0v) is 10.7. The minimum Gasteiger partial charge on any atom is -0.481 e. The van der Waals surface area contributed by atoms with Crippen LogP contribution in [0, 0.1) is 18.7 Å². The molecule has 3 nitrogen and oxygen atoms in total. The number of aliphatic carboxylic acids is 1. The van der Waals surface area contributed by atoms with Gasteiger partial charge in [-0.25, -0.2) is 4.39 Å². The van der Waals surface area contributed by atoms with Crippen LogP contribution in [0.2, 0.25) is 0 Å². The maximum absolute atomic E-state index is 13.1. The zero-order valence-electron chi connectivity index (χ0n) is 10.7. The molecule has 0 fully saturated rings. The molecule has 3 N–H and O–H groups in total. The number of halogens is 1. The number of unbranched alkanes of at least 4 members (excludes halogenated alkanes) is 1. The van der Waals surface area contributed by atoms with Crippen molar-refractivity contribution in [1.82, 2.24) is 0 Å². The van der Waals surface area contributed by atoms with Gasteiger partial charge >= 0.3 is 5.97 Å². The standard InChI is InChI=1S/C14H20FNO2/c1-10-5-6-13(15)9-12(10)8-11(14(17)18)4-2-3-7-16/h5-6,9,11H,2-4,7-8,16H2,1H3,(H,17,18). The fraction of sp³-hybridized carbons (Fsp3) is 0.500. The maximum Gasteiger partial charge on any atom is 0.306 e. The molecule has 0 saturated carbocycles. The number of hydrogen-bond donors (Lipinski definition) is 2. The van der Waals surface area contributed by atoms with E-state index in [9.17, 15) is 9.18 Å². The van der Waals surface area contributed by atoms with E-state index in [-0.39, 0.29) is 5.82 Å². The molecule has 18 heavy (non-hydrogen) atoms. The predicted molar refractivity (Wildman–Crippen MR) is 68.9 cm³/mol. The largest absolute Gasteiger partial charge is 0.481 e. The fourth-order valence-electron chi connectivity index (χ4n) is 1.97. The van der Waals surface area contributed by atoms with Crippen LogP contribution < -0.4 is 5.73 Å². The van der Waals surface area contributed by atoms with Gasteiger partial charge in [0.05, 0.1) is 5.92 Å². The molecule has 0 heterocycles. The summed E-state index contributed by atoms with van der Waals surface area (Å²) in [6.07, 6.45) is 2.58. The first-order valence-corrected chi connectivity index (χ1v) is 6.22. The third-order valence-corrected chi connectivity index (χ3v) is 3.13. The molecular formula is C14H20FNO2. The van der Waals surface area contributed by atoms with Gasteiger partial charge in [-0.05, 0) is 56.0 Å². The molecule has 0 aliphatic rings. The molecule has 1 atom stereocenters. The number of rotatable bonds is 7. The van der Waals surface area contributed by atoms with Gasteiger partial charge in [-0.2, -0.15) is 0 Å². The number of carbonyl (C=O) groups is 1. The van der Waals surface area contributed by atoms with E-state index in [0.717, 1.165) is 24.0 Å². The summed E-state index contributed by atoms with van der Waals surface area (Å²) in [4.78, 5) is 11.2. The van der Waals surface area contributed by atoms with Crippen molar-refractivity contribution in [1.29, 1.82) is 0 Å². The number of aryl methyl sites for hydroxylation is 1. The van der Waals surface area contributed by atoms with Gasteiger partial charge in [-0.15, -0.1) is 0 Å². The summed E-state index contributed by atoms with van der Waals surface area (Å²) in [6, 6.07) is 4.50. The minimum absolute atomic E-state index is 0.318. The van der Waals surface area contributed by atoms with Crippen LogP contribution in [0.5, 0.6) is 0 Å². The van der Waals surface area contributed by atoms with Gasteiger partial charge in [0.1, 0.15) is 5.82 Å². The zero-order chi connectivity index (χ0) is 13.5. The molecular weight excluding hydrogens is 233 g/mol. The smallest absolute Gasteiger partial charge is 0.306 e. The highest BCUT2D eigenvalue weighted by molar-refractivity contribution is 5.70. The number of benzene rings is 1. The van der Waals surface area contributed by atoms with E-state index in [1.807, 2.05) is 6.92 Å². The van der Waals surface area contributed by atoms with E-state index < -0.39 is 11.9 Å². The molecule has 0 bridgehead atoms. The lowest BCUT2D eigenvalue weighted by molar-refractivity contribution is -0.142. The lowest BCUT2D eigenvalue weighted by Crippen LogP contribution is -2.17. The molecule has 1 aromatic rings. The Morgan fingerprint density at radius 2 is 2.17 bits per heavy atom. The van der Waals surface area contributed by atoms with Crippen molar-refractivity contribution in [3.8, 4) is 0 Å². The summed E-state index contributed by atoms with van der Waals surface area (Å²) in [7, 11) is 0. The van der Waals surface area contributed by atoms with E-state index >= 15 is 0 Å². The van der Waals surface area contributed by atoms with Crippen molar-refractivity contribution in [2.24, 2.45) is 11.7 Å². The third kappa shape index (κ3) is 4.45. The second kappa shape index (κ2) is 7.11. The Morgan fingerprint density at radius 3 is 2.78 bits per heavy atom. The van der Waals surface area contributed by atoms with Gasteiger partial charge in [0, 0.05) is 0 Å². The quantitative estimate of drug-likeness (QED) is 0.734.